The quantitative estimate of drug-likeness (QED) is 0.147. The third kappa shape index (κ3) is 10.8. The first-order chi connectivity index (χ1) is 26.4. The molecule has 7 rings (SSSR count). The molecular formula is C47H52P6. The van der Waals surface area contributed by atoms with E-state index in [4.69, 9.17) is 0 Å². The van der Waals surface area contributed by atoms with E-state index in [0.29, 0.717) is 0 Å². The van der Waals surface area contributed by atoms with Gasteiger partial charge in [-0.3, -0.25) is 0 Å². The minimum atomic E-state index is -0.555. The Balaban J connectivity index is 1.44. The summed E-state index contributed by atoms with van der Waals surface area (Å²) in [5.74, 6) is 0. The molecular weight excluding hydrogens is 750 g/mol. The molecule has 0 N–H and O–H groups in total. The number of hydrogen-bond acceptors (Lipinski definition) is 0. The van der Waals surface area contributed by atoms with Crippen LogP contribution in [-0.2, 0) is 0 Å². The first kappa shape index (κ1) is 39.1. The molecule has 0 aromatic heterocycles. The number of benzene rings is 6. The topological polar surface area (TPSA) is 0 Å². The molecule has 1 saturated heterocycles. The van der Waals surface area contributed by atoms with Crippen LogP contribution in [0, 0.1) is 0 Å². The van der Waals surface area contributed by atoms with Gasteiger partial charge in [0.2, 0.25) is 0 Å². The SMILES string of the molecule is c1ccc(-c2ccc(P3CCCCCCCCCCCPP(c4ccccc4)P(c4ccccc4)P(c4ccccc4)P3c3ccccc3)cc2)cc1. The van der Waals surface area contributed by atoms with Crippen molar-refractivity contribution in [3.63, 3.8) is 0 Å². The van der Waals surface area contributed by atoms with Gasteiger partial charge in [0.05, 0.1) is 0 Å². The Morgan fingerprint density at radius 3 is 1.23 bits per heavy atom. The zero-order valence-corrected chi connectivity index (χ0v) is 36.2. The van der Waals surface area contributed by atoms with Crippen molar-refractivity contribution in [3.05, 3.63) is 176 Å². The van der Waals surface area contributed by atoms with Crippen molar-refractivity contribution in [1.82, 2.24) is 0 Å². The molecule has 53 heavy (non-hydrogen) atoms. The predicted octanol–water partition coefficient (Wildman–Crippen LogP) is 14.5. The predicted molar refractivity (Wildman–Crippen MR) is 250 cm³/mol. The van der Waals surface area contributed by atoms with Crippen molar-refractivity contribution in [2.75, 3.05) is 12.3 Å². The van der Waals surface area contributed by atoms with Crippen LogP contribution >= 0.6 is 45.1 Å². The lowest BCUT2D eigenvalue weighted by atomic mass is 10.1. The summed E-state index contributed by atoms with van der Waals surface area (Å²) in [4.78, 5) is 0. The minimum absolute atomic E-state index is 0.387. The fraction of sp³-hybridized carbons (Fsp3) is 0.234. The third-order valence-corrected chi connectivity index (χ3v) is 47.2. The summed E-state index contributed by atoms with van der Waals surface area (Å²) in [7, 11) is -1.45. The van der Waals surface area contributed by atoms with Gasteiger partial charge in [-0.25, -0.2) is 0 Å². The molecule has 0 radical (unpaired) electrons. The largest absolute Gasteiger partial charge is 0.0862 e. The molecule has 1 fully saturated rings. The summed E-state index contributed by atoms with van der Waals surface area (Å²) < 4.78 is 0. The van der Waals surface area contributed by atoms with Gasteiger partial charge in [0, 0.05) is 0 Å². The Morgan fingerprint density at radius 2 is 0.698 bits per heavy atom. The molecule has 0 nitrogen and oxygen atoms in total. The van der Waals surface area contributed by atoms with E-state index in [2.05, 4.69) is 176 Å². The molecule has 0 amide bonds. The maximum absolute atomic E-state index is 2.54. The van der Waals surface area contributed by atoms with Crippen LogP contribution in [0.3, 0.4) is 0 Å². The van der Waals surface area contributed by atoms with E-state index in [-0.39, 0.29) is 7.30 Å². The minimum Gasteiger partial charge on any atom is -0.0862 e. The smallest absolute Gasteiger partial charge is 0.00602 e. The van der Waals surface area contributed by atoms with Crippen molar-refractivity contribution in [1.29, 1.82) is 0 Å². The average molecular weight is 803 g/mol. The lowest BCUT2D eigenvalue weighted by Crippen LogP contribution is -2.13. The van der Waals surface area contributed by atoms with E-state index in [1.165, 1.54) is 81.2 Å². The fourth-order valence-electron chi connectivity index (χ4n) is 7.08. The lowest BCUT2D eigenvalue weighted by molar-refractivity contribution is 0.574. The zero-order valence-electron chi connectivity index (χ0n) is 30.8. The molecule has 6 heteroatoms. The highest BCUT2D eigenvalue weighted by atomic mass is 32.8. The molecule has 6 unspecified atom stereocenters. The summed E-state index contributed by atoms with van der Waals surface area (Å²) in [5, 5.41) is 8.08. The van der Waals surface area contributed by atoms with Crippen LogP contribution in [0.1, 0.15) is 57.8 Å². The summed E-state index contributed by atoms with van der Waals surface area (Å²) in [5.41, 5.74) is 2.63. The van der Waals surface area contributed by atoms with Gasteiger partial charge in [-0.2, -0.15) is 0 Å². The molecule has 6 atom stereocenters. The second-order valence-corrected chi connectivity index (χ2v) is 36.8. The Hall–Kier alpha value is -2.10. The molecule has 0 spiro atoms. The van der Waals surface area contributed by atoms with Crippen molar-refractivity contribution < 1.29 is 0 Å². The Labute approximate surface area is 327 Å². The van der Waals surface area contributed by atoms with Crippen LogP contribution in [0.25, 0.3) is 11.1 Å². The summed E-state index contributed by atoms with van der Waals surface area (Å²) >= 11 is 0. The maximum Gasteiger partial charge on any atom is -0.00602 e. The second kappa shape index (κ2) is 21.3. The van der Waals surface area contributed by atoms with E-state index in [1.54, 1.807) is 26.5 Å². The number of hydrogen-bond donors (Lipinski definition) is 0. The molecule has 0 aliphatic carbocycles. The monoisotopic (exact) mass is 802 g/mol. The van der Waals surface area contributed by atoms with Crippen LogP contribution in [-0.4, -0.2) is 12.3 Å². The summed E-state index contributed by atoms with van der Waals surface area (Å²) in [6.07, 6.45) is 15.1. The van der Waals surface area contributed by atoms with Gasteiger partial charge < -0.3 is 0 Å². The van der Waals surface area contributed by atoms with Gasteiger partial charge in [-0.1, -0.05) is 229 Å². The molecule has 6 aromatic carbocycles. The molecule has 1 aliphatic heterocycles. The molecule has 270 valence electrons. The molecule has 0 saturated carbocycles. The summed E-state index contributed by atoms with van der Waals surface area (Å²) in [6, 6.07) is 68.6. The van der Waals surface area contributed by atoms with E-state index in [0.717, 1.165) is 8.27 Å². The maximum atomic E-state index is 2.54. The Kier molecular flexibility index (Phi) is 15.7. The van der Waals surface area contributed by atoms with Gasteiger partial charge in [0.1, 0.15) is 0 Å². The Morgan fingerprint density at radius 1 is 0.302 bits per heavy atom. The van der Waals surface area contributed by atoms with Crippen molar-refractivity contribution in [2.45, 2.75) is 57.8 Å². The standard InChI is InChI=1S/C47H52P6/c1-2-4-6-23-39-48-50(44-27-15-9-16-28-44)52(46-31-19-11-20-32-46)53(47-33-21-12-22-34-47)51(45-29-17-10-18-30-45)49(40-24-7-5-3-1)43-37-35-42(36-38-43)41-25-13-8-14-26-41/h8-22,25-38,48H,1-7,23-24,39-40H2. The van der Waals surface area contributed by atoms with Crippen LogP contribution in [0.2, 0.25) is 0 Å². The number of rotatable bonds is 6. The molecule has 1 heterocycles. The van der Waals surface area contributed by atoms with Crippen LogP contribution in [0.5, 0.6) is 0 Å². The summed E-state index contributed by atoms with van der Waals surface area (Å²) in [6.45, 7) is 0. The normalized spacial score (nSPS) is 22.8. The molecule has 0 bridgehead atoms. The van der Waals surface area contributed by atoms with Crippen molar-refractivity contribution in [3.8, 4) is 11.1 Å². The first-order valence-corrected chi connectivity index (χ1v) is 31.2. The molecule has 6 aromatic rings. The van der Waals surface area contributed by atoms with E-state index in [9.17, 15) is 0 Å². The van der Waals surface area contributed by atoms with Gasteiger partial charge in [0.25, 0.3) is 0 Å². The fourth-order valence-corrected chi connectivity index (χ4v) is 58.7. The van der Waals surface area contributed by atoms with Gasteiger partial charge in [-0.05, 0) is 99.6 Å². The Bertz CT molecular complexity index is 1890. The highest BCUT2D eigenvalue weighted by molar-refractivity contribution is 8.95. The highest BCUT2D eigenvalue weighted by Crippen LogP contribution is 3.03. The average Bonchev–Trinajstić information content (AvgIpc) is 3.24. The van der Waals surface area contributed by atoms with Crippen molar-refractivity contribution >= 4 is 71.6 Å². The molecule has 1 aliphatic rings. The van der Waals surface area contributed by atoms with Crippen LogP contribution in [0.4, 0.5) is 0 Å². The van der Waals surface area contributed by atoms with Crippen LogP contribution in [0.15, 0.2) is 176 Å². The van der Waals surface area contributed by atoms with E-state index >= 15 is 0 Å². The highest BCUT2D eigenvalue weighted by Gasteiger charge is 2.41. The van der Waals surface area contributed by atoms with E-state index < -0.39 is 29.5 Å². The van der Waals surface area contributed by atoms with E-state index in [1.807, 2.05) is 0 Å². The van der Waals surface area contributed by atoms with Crippen LogP contribution < -0.4 is 26.5 Å². The van der Waals surface area contributed by atoms with Gasteiger partial charge in [0.15, 0.2) is 0 Å². The van der Waals surface area contributed by atoms with Gasteiger partial charge >= 0.3 is 0 Å². The first-order valence-electron chi connectivity index (χ1n) is 19.4. The van der Waals surface area contributed by atoms with Crippen molar-refractivity contribution in [2.24, 2.45) is 0 Å². The van der Waals surface area contributed by atoms with Gasteiger partial charge in [-0.15, -0.1) is 0 Å². The zero-order chi connectivity index (χ0) is 35.9. The third-order valence-electron chi connectivity index (χ3n) is 9.82. The lowest BCUT2D eigenvalue weighted by Gasteiger charge is -2.43. The second-order valence-electron chi connectivity index (χ2n) is 13.6.